The van der Waals surface area contributed by atoms with Gasteiger partial charge in [0.15, 0.2) is 5.92 Å². The third-order valence-corrected chi connectivity index (χ3v) is 11.3. The molecule has 0 spiro atoms. The van der Waals surface area contributed by atoms with Crippen molar-refractivity contribution in [2.45, 2.75) is 45.7 Å². The van der Waals surface area contributed by atoms with Crippen molar-refractivity contribution < 1.29 is 23.8 Å². The van der Waals surface area contributed by atoms with Crippen LogP contribution in [0.5, 0.6) is 5.75 Å². The van der Waals surface area contributed by atoms with E-state index in [1.54, 1.807) is 13.8 Å². The summed E-state index contributed by atoms with van der Waals surface area (Å²) in [5.74, 6) is -1.13. The molecule has 0 aliphatic heterocycles. The highest BCUT2D eigenvalue weighted by molar-refractivity contribution is 7.01. The lowest BCUT2D eigenvalue weighted by molar-refractivity contribution is -0.161. The van der Waals surface area contributed by atoms with Crippen LogP contribution < -0.4 is 15.1 Å². The largest absolute Gasteiger partial charge is 0.494 e. The smallest absolute Gasteiger partial charge is 0.320 e. The van der Waals surface area contributed by atoms with Crippen molar-refractivity contribution >= 4 is 30.4 Å². The molecule has 0 aliphatic rings. The van der Waals surface area contributed by atoms with Crippen LogP contribution in [0, 0.1) is 5.92 Å². The summed E-state index contributed by atoms with van der Waals surface area (Å²) in [6, 6.07) is 30.6. The van der Waals surface area contributed by atoms with Crippen molar-refractivity contribution in [2.75, 3.05) is 19.8 Å². The minimum atomic E-state index is -1.86. The second kappa shape index (κ2) is 14.4. The van der Waals surface area contributed by atoms with Crippen molar-refractivity contribution in [1.82, 2.24) is 0 Å². The molecular formula is C31H38O5Si. The van der Waals surface area contributed by atoms with Gasteiger partial charge in [0.25, 0.3) is 0 Å². The summed E-state index contributed by atoms with van der Waals surface area (Å²) in [7, 11) is -1.86. The van der Waals surface area contributed by atoms with E-state index in [0.29, 0.717) is 19.4 Å². The Morgan fingerprint density at radius 2 is 1.27 bits per heavy atom. The summed E-state index contributed by atoms with van der Waals surface area (Å²) in [5, 5.41) is 2.88. The lowest BCUT2D eigenvalue weighted by Crippen LogP contribution is -2.55. The summed E-state index contributed by atoms with van der Waals surface area (Å²) in [4.78, 5) is 24.4. The Bertz CT molecular complexity index is 1040. The second-order valence-corrected chi connectivity index (χ2v) is 13.6. The van der Waals surface area contributed by atoms with E-state index in [-0.39, 0.29) is 13.2 Å². The Morgan fingerprint density at radius 3 is 1.76 bits per heavy atom. The number of carbonyl (C=O) groups is 2. The van der Waals surface area contributed by atoms with Gasteiger partial charge in [-0.1, -0.05) is 89.7 Å². The third-order valence-electron chi connectivity index (χ3n) is 6.70. The Labute approximate surface area is 221 Å². The minimum absolute atomic E-state index is 0.235. The maximum atomic E-state index is 12.2. The predicted octanol–water partition coefficient (Wildman–Crippen LogP) is 5.02. The Balaban J connectivity index is 1.54. The van der Waals surface area contributed by atoms with Crippen LogP contribution in [0.15, 0.2) is 84.9 Å². The highest BCUT2D eigenvalue weighted by atomic mass is 28.3. The molecule has 0 heterocycles. The summed E-state index contributed by atoms with van der Waals surface area (Å²) < 4.78 is 16.2. The fourth-order valence-corrected chi connectivity index (χ4v) is 8.18. The molecule has 3 rings (SSSR count). The number of esters is 2. The van der Waals surface area contributed by atoms with Crippen molar-refractivity contribution in [3.05, 3.63) is 90.5 Å². The van der Waals surface area contributed by atoms with Crippen LogP contribution in [0.3, 0.4) is 0 Å². The maximum absolute atomic E-state index is 12.2. The first-order chi connectivity index (χ1) is 18.0. The topological polar surface area (TPSA) is 61.8 Å². The van der Waals surface area contributed by atoms with Crippen LogP contribution in [0.4, 0.5) is 0 Å². The quantitative estimate of drug-likeness (QED) is 0.130. The number of benzene rings is 3. The van der Waals surface area contributed by atoms with Gasteiger partial charge in [-0.05, 0) is 56.9 Å². The Hall–Kier alpha value is -3.38. The molecule has 0 saturated heterocycles. The Kier molecular flexibility index (Phi) is 11.0. The van der Waals surface area contributed by atoms with Crippen molar-refractivity contribution in [3.63, 3.8) is 0 Å². The molecule has 0 amide bonds. The highest BCUT2D eigenvalue weighted by Crippen LogP contribution is 2.19. The normalized spacial score (nSPS) is 11.2. The lowest BCUT2D eigenvalue weighted by atomic mass is 9.99. The monoisotopic (exact) mass is 518 g/mol. The molecule has 196 valence electrons. The van der Waals surface area contributed by atoms with Crippen LogP contribution in [-0.2, 0) is 25.5 Å². The van der Waals surface area contributed by atoms with Gasteiger partial charge in [-0.15, -0.1) is 0 Å². The third kappa shape index (κ3) is 8.05. The first-order valence-electron chi connectivity index (χ1n) is 13.1. The van der Waals surface area contributed by atoms with E-state index in [9.17, 15) is 9.59 Å². The van der Waals surface area contributed by atoms with Gasteiger partial charge in [0.1, 0.15) is 13.8 Å². The summed E-state index contributed by atoms with van der Waals surface area (Å²) in [5.41, 5.74) is 1.03. The summed E-state index contributed by atoms with van der Waals surface area (Å²) >= 11 is 0. The van der Waals surface area contributed by atoms with Crippen LogP contribution in [0.2, 0.25) is 12.6 Å². The molecule has 0 N–H and O–H groups in total. The van der Waals surface area contributed by atoms with Gasteiger partial charge in [-0.3, -0.25) is 9.59 Å². The van der Waals surface area contributed by atoms with Gasteiger partial charge in [-0.2, -0.15) is 0 Å². The zero-order valence-electron chi connectivity index (χ0n) is 22.2. The number of hydrogen-bond acceptors (Lipinski definition) is 5. The first-order valence-corrected chi connectivity index (χ1v) is 15.8. The molecule has 0 aromatic heterocycles. The molecular weight excluding hydrogens is 480 g/mol. The molecule has 0 radical (unpaired) electrons. The average Bonchev–Trinajstić information content (AvgIpc) is 2.93. The zero-order valence-corrected chi connectivity index (χ0v) is 23.2. The molecule has 0 bridgehead atoms. The van der Waals surface area contributed by atoms with Gasteiger partial charge in [0.2, 0.25) is 0 Å². The van der Waals surface area contributed by atoms with Crippen molar-refractivity contribution in [3.8, 4) is 5.75 Å². The summed E-state index contributed by atoms with van der Waals surface area (Å²) in [6.45, 7) is 7.01. The molecule has 5 nitrogen and oxygen atoms in total. The van der Waals surface area contributed by atoms with E-state index in [0.717, 1.165) is 23.8 Å². The Morgan fingerprint density at radius 1 is 0.757 bits per heavy atom. The summed E-state index contributed by atoms with van der Waals surface area (Å²) in [6.07, 6.45) is 1.88. The van der Waals surface area contributed by atoms with Gasteiger partial charge in [0, 0.05) is 0 Å². The maximum Gasteiger partial charge on any atom is 0.320 e. The first kappa shape index (κ1) is 28.2. The van der Waals surface area contributed by atoms with Gasteiger partial charge in [-0.25, -0.2) is 0 Å². The van der Waals surface area contributed by atoms with Crippen LogP contribution in [-0.4, -0.2) is 39.8 Å². The minimum Gasteiger partial charge on any atom is -0.494 e. The molecule has 0 fully saturated rings. The van der Waals surface area contributed by atoms with Gasteiger partial charge >= 0.3 is 11.9 Å². The standard InChI is InChI=1S/C31H38O5Si/c1-4-34-30(32)29(31(33)35-5-2)22-19-25-17-20-26(21-18-25)36-23-12-24-37(3,27-13-8-6-9-14-27)28-15-10-7-11-16-28/h6-11,13-18,20-21,29H,4-5,12,19,22-24H2,1-3H3. The van der Waals surface area contributed by atoms with E-state index in [2.05, 4.69) is 67.2 Å². The van der Waals surface area contributed by atoms with E-state index in [1.807, 2.05) is 24.3 Å². The molecule has 0 atom stereocenters. The number of hydrogen-bond donors (Lipinski definition) is 0. The zero-order chi connectivity index (χ0) is 26.5. The lowest BCUT2D eigenvalue weighted by Gasteiger charge is -2.29. The molecule has 0 aliphatic carbocycles. The van der Waals surface area contributed by atoms with E-state index in [4.69, 9.17) is 14.2 Å². The van der Waals surface area contributed by atoms with Crippen molar-refractivity contribution in [1.29, 1.82) is 0 Å². The number of carbonyl (C=O) groups excluding carboxylic acids is 2. The van der Waals surface area contributed by atoms with Crippen LogP contribution in [0.25, 0.3) is 0 Å². The fourth-order valence-electron chi connectivity index (χ4n) is 4.56. The molecule has 6 heteroatoms. The van der Waals surface area contributed by atoms with E-state index in [1.165, 1.54) is 10.4 Å². The second-order valence-electron chi connectivity index (χ2n) is 9.26. The number of aryl methyl sites for hydroxylation is 1. The van der Waals surface area contributed by atoms with Gasteiger partial charge in [0.05, 0.1) is 19.8 Å². The molecule has 0 unspecified atom stereocenters. The molecule has 3 aromatic rings. The van der Waals surface area contributed by atoms with Crippen LogP contribution in [0.1, 0.15) is 32.3 Å². The highest BCUT2D eigenvalue weighted by Gasteiger charge is 2.31. The molecule has 0 saturated carbocycles. The SMILES string of the molecule is CCOC(=O)C(CCc1ccc(OCCC[Si](C)(c2ccccc2)c2ccccc2)cc1)C(=O)OCC. The fraction of sp³-hybridized carbons (Fsp3) is 0.355. The van der Waals surface area contributed by atoms with Crippen molar-refractivity contribution in [2.24, 2.45) is 5.92 Å². The molecule has 37 heavy (non-hydrogen) atoms. The predicted molar refractivity (Wildman–Crippen MR) is 150 cm³/mol. The van der Waals surface area contributed by atoms with Gasteiger partial charge < -0.3 is 14.2 Å². The van der Waals surface area contributed by atoms with E-state index < -0.39 is 25.9 Å². The van der Waals surface area contributed by atoms with Crippen LogP contribution >= 0.6 is 0 Å². The number of rotatable bonds is 14. The van der Waals surface area contributed by atoms with E-state index >= 15 is 0 Å². The number of ether oxygens (including phenoxy) is 3. The average molecular weight is 519 g/mol. The molecule has 3 aromatic carbocycles.